The van der Waals surface area contributed by atoms with Gasteiger partial charge in [0, 0.05) is 12.6 Å². The molecule has 1 aliphatic rings. The molecule has 0 heterocycles. The lowest BCUT2D eigenvalue weighted by molar-refractivity contribution is 0.341. The first kappa shape index (κ1) is 16.3. The van der Waals surface area contributed by atoms with Crippen molar-refractivity contribution in [2.45, 2.75) is 37.6 Å². The molecule has 21 heavy (non-hydrogen) atoms. The Hall–Kier alpha value is -1.05. The Morgan fingerprint density at radius 2 is 2.10 bits per heavy atom. The summed E-state index contributed by atoms with van der Waals surface area (Å²) < 4.78 is 41.0. The van der Waals surface area contributed by atoms with Crippen LogP contribution in [0.1, 0.15) is 32.3 Å². The Labute approximate surface area is 130 Å². The van der Waals surface area contributed by atoms with E-state index in [0.29, 0.717) is 12.5 Å². The van der Waals surface area contributed by atoms with Crippen molar-refractivity contribution in [1.29, 1.82) is 0 Å². The number of rotatable bonds is 6. The second kappa shape index (κ2) is 5.98. The van der Waals surface area contributed by atoms with E-state index >= 15 is 0 Å². The van der Waals surface area contributed by atoms with E-state index in [2.05, 4.69) is 0 Å². The molecule has 0 amide bonds. The molecular formula is C14H19FN2O2S2. The number of hydrogen-bond donors (Lipinski definition) is 1. The maximum Gasteiger partial charge on any atom is 0.244 e. The van der Waals surface area contributed by atoms with Crippen LogP contribution in [0.15, 0.2) is 23.1 Å². The fourth-order valence-electron chi connectivity index (χ4n) is 2.23. The van der Waals surface area contributed by atoms with Crippen LogP contribution >= 0.6 is 12.2 Å². The lowest BCUT2D eigenvalue weighted by Crippen LogP contribution is -2.39. The van der Waals surface area contributed by atoms with Crippen LogP contribution in [0, 0.1) is 11.7 Å². The summed E-state index contributed by atoms with van der Waals surface area (Å²) in [6.45, 7) is 4.06. The Balaban J connectivity index is 2.51. The number of halogens is 1. The van der Waals surface area contributed by atoms with Crippen LogP contribution in [0.4, 0.5) is 4.39 Å². The van der Waals surface area contributed by atoms with Gasteiger partial charge in [-0.15, -0.1) is 0 Å². The monoisotopic (exact) mass is 330 g/mol. The van der Waals surface area contributed by atoms with Gasteiger partial charge >= 0.3 is 0 Å². The van der Waals surface area contributed by atoms with E-state index in [1.807, 2.05) is 0 Å². The Morgan fingerprint density at radius 1 is 1.48 bits per heavy atom. The first-order valence-electron chi connectivity index (χ1n) is 6.85. The van der Waals surface area contributed by atoms with Gasteiger partial charge in [-0.1, -0.05) is 18.3 Å². The first-order chi connectivity index (χ1) is 9.75. The summed E-state index contributed by atoms with van der Waals surface area (Å²) in [6, 6.07) is 3.67. The molecule has 1 aromatic carbocycles. The molecule has 2 N–H and O–H groups in total. The van der Waals surface area contributed by atoms with Crippen molar-refractivity contribution in [2.75, 3.05) is 6.54 Å². The van der Waals surface area contributed by atoms with Gasteiger partial charge in [-0.3, -0.25) is 0 Å². The fourth-order valence-corrected chi connectivity index (χ4v) is 4.43. The van der Waals surface area contributed by atoms with Crippen LogP contribution in [0.3, 0.4) is 0 Å². The molecule has 1 fully saturated rings. The summed E-state index contributed by atoms with van der Waals surface area (Å²) in [4.78, 5) is -0.397. The summed E-state index contributed by atoms with van der Waals surface area (Å²) >= 11 is 4.81. The van der Waals surface area contributed by atoms with E-state index in [1.54, 1.807) is 13.8 Å². The largest absolute Gasteiger partial charge is 0.389 e. The second-order valence-electron chi connectivity index (χ2n) is 5.59. The number of benzene rings is 1. The summed E-state index contributed by atoms with van der Waals surface area (Å²) in [7, 11) is -3.83. The van der Waals surface area contributed by atoms with Gasteiger partial charge in [0.1, 0.15) is 10.8 Å². The van der Waals surface area contributed by atoms with Gasteiger partial charge in [0.05, 0.1) is 10.5 Å². The molecule has 2 rings (SSSR count). The van der Waals surface area contributed by atoms with Crippen molar-refractivity contribution in [2.24, 2.45) is 11.7 Å². The third-order valence-electron chi connectivity index (χ3n) is 3.52. The molecule has 0 spiro atoms. The molecule has 0 radical (unpaired) electrons. The Bertz CT molecular complexity index is 655. The highest BCUT2D eigenvalue weighted by atomic mass is 32.2. The molecule has 1 saturated carbocycles. The van der Waals surface area contributed by atoms with E-state index < -0.39 is 15.8 Å². The standard InChI is InChI=1S/C14H19FN2O2S2/c1-9(2)17(8-10-6-7-10)21(18,19)12-5-3-4-11(15)13(12)14(16)20/h3-5,9-10H,6-8H2,1-2H3,(H2,16,20). The maximum atomic E-state index is 13.9. The molecule has 0 bridgehead atoms. The number of nitrogens with zero attached hydrogens (tertiary/aromatic N) is 1. The van der Waals surface area contributed by atoms with E-state index in [4.69, 9.17) is 18.0 Å². The van der Waals surface area contributed by atoms with Crippen LogP contribution < -0.4 is 5.73 Å². The summed E-state index contributed by atoms with van der Waals surface area (Å²) in [5.41, 5.74) is 5.31. The molecule has 0 aliphatic heterocycles. The molecule has 0 aromatic heterocycles. The van der Waals surface area contributed by atoms with Crippen LogP contribution in [-0.2, 0) is 10.0 Å². The van der Waals surface area contributed by atoms with Crippen LogP contribution in [0.5, 0.6) is 0 Å². The SMILES string of the molecule is CC(C)N(CC1CC1)S(=O)(=O)c1cccc(F)c1C(N)=S. The predicted octanol–water partition coefficient (Wildman–Crippen LogP) is 2.27. The summed E-state index contributed by atoms with van der Waals surface area (Å²) in [5, 5.41) is 0. The highest BCUT2D eigenvalue weighted by molar-refractivity contribution is 7.89. The number of sulfonamides is 1. The minimum absolute atomic E-state index is 0.149. The lowest BCUT2D eigenvalue weighted by atomic mass is 10.2. The normalized spacial score (nSPS) is 15.7. The van der Waals surface area contributed by atoms with Gasteiger partial charge in [0.2, 0.25) is 10.0 Å². The molecule has 0 unspecified atom stereocenters. The zero-order valence-corrected chi connectivity index (χ0v) is 13.7. The molecule has 1 aromatic rings. The minimum atomic E-state index is -3.83. The van der Waals surface area contributed by atoms with Crippen molar-refractivity contribution in [3.8, 4) is 0 Å². The summed E-state index contributed by atoms with van der Waals surface area (Å²) in [6.07, 6.45) is 2.06. The van der Waals surface area contributed by atoms with Crippen molar-refractivity contribution in [3.05, 3.63) is 29.6 Å². The zero-order chi connectivity index (χ0) is 15.8. The Kier molecular flexibility index (Phi) is 4.65. The van der Waals surface area contributed by atoms with Crippen LogP contribution in [0.2, 0.25) is 0 Å². The van der Waals surface area contributed by atoms with Crippen molar-refractivity contribution in [3.63, 3.8) is 0 Å². The van der Waals surface area contributed by atoms with Crippen molar-refractivity contribution < 1.29 is 12.8 Å². The molecular weight excluding hydrogens is 311 g/mol. The average molecular weight is 330 g/mol. The second-order valence-corrected chi connectivity index (χ2v) is 7.89. The quantitative estimate of drug-likeness (QED) is 0.813. The third kappa shape index (κ3) is 3.41. The molecule has 1 aliphatic carbocycles. The molecule has 0 atom stereocenters. The molecule has 0 saturated heterocycles. The lowest BCUT2D eigenvalue weighted by Gasteiger charge is -2.27. The number of thiocarbonyl (C=S) groups is 1. The van der Waals surface area contributed by atoms with Gasteiger partial charge in [0.25, 0.3) is 0 Å². The number of nitrogens with two attached hydrogens (primary N) is 1. The first-order valence-corrected chi connectivity index (χ1v) is 8.70. The maximum absolute atomic E-state index is 13.9. The topological polar surface area (TPSA) is 63.4 Å². The highest BCUT2D eigenvalue weighted by Gasteiger charge is 2.35. The summed E-state index contributed by atoms with van der Waals surface area (Å²) in [5.74, 6) is -0.317. The van der Waals surface area contributed by atoms with E-state index in [0.717, 1.165) is 18.9 Å². The van der Waals surface area contributed by atoms with E-state index in [1.165, 1.54) is 16.4 Å². The molecule has 116 valence electrons. The van der Waals surface area contributed by atoms with Gasteiger partial charge in [-0.25, -0.2) is 12.8 Å². The fraction of sp³-hybridized carbons (Fsp3) is 0.500. The smallest absolute Gasteiger partial charge is 0.244 e. The third-order valence-corrected chi connectivity index (χ3v) is 5.81. The van der Waals surface area contributed by atoms with E-state index in [-0.39, 0.29) is 21.5 Å². The average Bonchev–Trinajstić information content (AvgIpc) is 3.18. The van der Waals surface area contributed by atoms with E-state index in [9.17, 15) is 12.8 Å². The minimum Gasteiger partial charge on any atom is -0.389 e. The predicted molar refractivity (Wildman–Crippen MR) is 84.0 cm³/mol. The van der Waals surface area contributed by atoms with Gasteiger partial charge in [-0.05, 0) is 44.7 Å². The molecule has 4 nitrogen and oxygen atoms in total. The van der Waals surface area contributed by atoms with Crippen molar-refractivity contribution in [1.82, 2.24) is 4.31 Å². The highest BCUT2D eigenvalue weighted by Crippen LogP contribution is 2.33. The van der Waals surface area contributed by atoms with Crippen molar-refractivity contribution >= 4 is 27.2 Å². The molecule has 7 heteroatoms. The van der Waals surface area contributed by atoms with Gasteiger partial charge in [-0.2, -0.15) is 4.31 Å². The van der Waals surface area contributed by atoms with Gasteiger partial charge in [0.15, 0.2) is 0 Å². The van der Waals surface area contributed by atoms with Crippen LogP contribution in [-0.4, -0.2) is 30.3 Å². The van der Waals surface area contributed by atoms with Gasteiger partial charge < -0.3 is 5.73 Å². The van der Waals surface area contributed by atoms with Crippen LogP contribution in [0.25, 0.3) is 0 Å². The Morgan fingerprint density at radius 3 is 2.57 bits per heavy atom. The zero-order valence-electron chi connectivity index (χ0n) is 12.0. The number of hydrogen-bond acceptors (Lipinski definition) is 3.